The van der Waals surface area contributed by atoms with E-state index in [9.17, 15) is 0 Å². The van der Waals surface area contributed by atoms with E-state index in [1.165, 1.54) is 68.0 Å². The molecule has 138 valence electrons. The Morgan fingerprint density at radius 1 is 0.783 bits per heavy atom. The molecule has 0 N–H and O–H groups in total. The first-order chi connectivity index (χ1) is 9.69. The Morgan fingerprint density at radius 3 is 1.48 bits per heavy atom. The van der Waals surface area contributed by atoms with E-state index in [1.807, 2.05) is 0 Å². The van der Waals surface area contributed by atoms with Gasteiger partial charge in [0, 0.05) is 0 Å². The monoisotopic (exact) mass is 394 g/mol. The SMILES string of the molecule is CCCCPC1CC(PCCCC)CC(CC)(CC)C1.[CH3-].[CH3-].[Ti+2]. The molecule has 0 aliphatic heterocycles. The summed E-state index contributed by atoms with van der Waals surface area (Å²) in [6.07, 6.45) is 16.2. The van der Waals surface area contributed by atoms with Crippen molar-refractivity contribution in [2.45, 2.75) is 96.8 Å². The van der Waals surface area contributed by atoms with Crippen LogP contribution in [0.2, 0.25) is 0 Å². The van der Waals surface area contributed by atoms with E-state index in [0.29, 0.717) is 5.41 Å². The summed E-state index contributed by atoms with van der Waals surface area (Å²) in [6, 6.07) is 0. The zero-order valence-corrected chi connectivity index (χ0v) is 20.5. The fourth-order valence-electron chi connectivity index (χ4n) is 3.74. The molecule has 0 nitrogen and oxygen atoms in total. The van der Waals surface area contributed by atoms with Gasteiger partial charge in [0.05, 0.1) is 0 Å². The van der Waals surface area contributed by atoms with Crippen LogP contribution in [0.1, 0.15) is 85.5 Å². The van der Waals surface area contributed by atoms with Gasteiger partial charge in [0.1, 0.15) is 0 Å². The van der Waals surface area contributed by atoms with Crippen LogP contribution in [0, 0.1) is 20.3 Å². The molecule has 0 bridgehead atoms. The summed E-state index contributed by atoms with van der Waals surface area (Å²) in [7, 11) is 2.51. The van der Waals surface area contributed by atoms with Crippen molar-refractivity contribution in [3.8, 4) is 0 Å². The maximum Gasteiger partial charge on any atom is 2.00 e. The minimum Gasteiger partial charge on any atom is -0.358 e. The quantitative estimate of drug-likeness (QED) is 0.155. The zero-order chi connectivity index (χ0) is 14.8. The second kappa shape index (κ2) is 17.0. The molecule has 0 radical (unpaired) electrons. The summed E-state index contributed by atoms with van der Waals surface area (Å²) >= 11 is 0. The summed E-state index contributed by atoms with van der Waals surface area (Å²) in [6.45, 7) is 9.58. The van der Waals surface area contributed by atoms with Crippen LogP contribution in [0.25, 0.3) is 0 Å². The largest absolute Gasteiger partial charge is 2.00 e. The Bertz CT molecular complexity index is 222. The van der Waals surface area contributed by atoms with Crippen molar-refractivity contribution >= 4 is 17.2 Å². The molecule has 0 aromatic heterocycles. The van der Waals surface area contributed by atoms with E-state index < -0.39 is 0 Å². The second-order valence-electron chi connectivity index (χ2n) is 6.86. The summed E-state index contributed by atoms with van der Waals surface area (Å²) < 4.78 is 0. The van der Waals surface area contributed by atoms with Crippen molar-refractivity contribution in [3.05, 3.63) is 14.9 Å². The van der Waals surface area contributed by atoms with Crippen LogP contribution >= 0.6 is 17.2 Å². The fourth-order valence-corrected chi connectivity index (χ4v) is 7.97. The van der Waals surface area contributed by atoms with Crippen molar-refractivity contribution in [1.82, 2.24) is 0 Å². The van der Waals surface area contributed by atoms with Crippen LogP contribution in [0.4, 0.5) is 0 Å². The van der Waals surface area contributed by atoms with Gasteiger partial charge in [0.15, 0.2) is 0 Å². The Labute approximate surface area is 168 Å². The predicted molar refractivity (Wildman–Crippen MR) is 113 cm³/mol. The average Bonchev–Trinajstić information content (AvgIpc) is 2.47. The van der Waals surface area contributed by atoms with Crippen LogP contribution < -0.4 is 0 Å². The summed E-state index contributed by atoms with van der Waals surface area (Å²) in [4.78, 5) is 0. The van der Waals surface area contributed by atoms with Crippen LogP contribution in [-0.4, -0.2) is 23.6 Å². The molecule has 1 saturated carbocycles. The Kier molecular flexibility index (Phi) is 21.7. The van der Waals surface area contributed by atoms with Crippen molar-refractivity contribution in [2.24, 2.45) is 5.41 Å². The first-order valence-corrected chi connectivity index (χ1v) is 11.7. The van der Waals surface area contributed by atoms with Gasteiger partial charge in [0.2, 0.25) is 0 Å². The third kappa shape index (κ3) is 11.0. The van der Waals surface area contributed by atoms with E-state index in [4.69, 9.17) is 0 Å². The molecular formula is C20H44P2Ti. The molecule has 1 aliphatic carbocycles. The average molecular weight is 394 g/mol. The van der Waals surface area contributed by atoms with Crippen LogP contribution in [0.3, 0.4) is 0 Å². The van der Waals surface area contributed by atoms with Gasteiger partial charge in [-0.3, -0.25) is 0 Å². The molecule has 3 heteroatoms. The number of rotatable bonds is 10. The zero-order valence-electron chi connectivity index (χ0n) is 16.9. The third-order valence-electron chi connectivity index (χ3n) is 5.35. The van der Waals surface area contributed by atoms with Crippen LogP contribution in [0.15, 0.2) is 0 Å². The number of unbranched alkanes of at least 4 members (excludes halogenated alkanes) is 2. The molecule has 4 atom stereocenters. The molecule has 23 heavy (non-hydrogen) atoms. The van der Waals surface area contributed by atoms with Gasteiger partial charge in [0.25, 0.3) is 0 Å². The molecular weight excluding hydrogens is 350 g/mol. The number of hydrogen-bond donors (Lipinski definition) is 0. The van der Waals surface area contributed by atoms with Crippen LogP contribution in [0.5, 0.6) is 0 Å². The first kappa shape index (κ1) is 29.3. The molecule has 4 unspecified atom stereocenters. The minimum atomic E-state index is 0. The molecule has 0 amide bonds. The second-order valence-corrected chi connectivity index (χ2v) is 10.3. The molecule has 1 aliphatic rings. The van der Waals surface area contributed by atoms with Crippen molar-refractivity contribution in [2.75, 3.05) is 12.3 Å². The molecule has 0 aromatic carbocycles. The molecule has 1 rings (SSSR count). The van der Waals surface area contributed by atoms with E-state index in [2.05, 4.69) is 27.7 Å². The van der Waals surface area contributed by atoms with Gasteiger partial charge >= 0.3 is 21.7 Å². The standard InChI is InChI=1S/C18H38P2.2CH3.Ti/c1-5-9-11-19-16-13-17(20-12-10-6-2)15-18(7-3,8-4)14-16;;;/h16-17,19-20H,5-15H2,1-4H3;2*1H3;/q;2*-1;+2. The number of hydrogen-bond acceptors (Lipinski definition) is 0. The summed E-state index contributed by atoms with van der Waals surface area (Å²) in [5, 5.41) is 0. The van der Waals surface area contributed by atoms with E-state index in [1.54, 1.807) is 19.3 Å². The molecule has 0 saturated heterocycles. The molecule has 0 aromatic rings. The van der Waals surface area contributed by atoms with Crippen LogP contribution in [-0.2, 0) is 21.7 Å². The summed E-state index contributed by atoms with van der Waals surface area (Å²) in [5.74, 6) is 0. The van der Waals surface area contributed by atoms with E-state index in [0.717, 1.165) is 11.3 Å². The minimum absolute atomic E-state index is 0. The Hall–Kier alpha value is 1.57. The van der Waals surface area contributed by atoms with E-state index in [-0.39, 0.29) is 36.6 Å². The van der Waals surface area contributed by atoms with E-state index >= 15 is 0 Å². The van der Waals surface area contributed by atoms with Gasteiger partial charge in [-0.2, -0.15) is 0 Å². The maximum atomic E-state index is 2.45. The van der Waals surface area contributed by atoms with Gasteiger partial charge in [-0.1, -0.05) is 53.4 Å². The smallest absolute Gasteiger partial charge is 0.358 e. The molecule has 0 spiro atoms. The van der Waals surface area contributed by atoms with Gasteiger partial charge in [-0.05, 0) is 61.2 Å². The van der Waals surface area contributed by atoms with Crippen molar-refractivity contribution < 1.29 is 21.7 Å². The predicted octanol–water partition coefficient (Wildman–Crippen LogP) is 7.57. The normalized spacial score (nSPS) is 23.5. The molecule has 1 fully saturated rings. The van der Waals surface area contributed by atoms with Gasteiger partial charge < -0.3 is 14.9 Å². The van der Waals surface area contributed by atoms with Gasteiger partial charge in [-0.25, -0.2) is 0 Å². The third-order valence-corrected chi connectivity index (χ3v) is 8.67. The van der Waals surface area contributed by atoms with Gasteiger partial charge in [-0.15, -0.1) is 17.2 Å². The summed E-state index contributed by atoms with van der Waals surface area (Å²) in [5.41, 5.74) is 2.87. The fraction of sp³-hybridized carbons (Fsp3) is 0.900. The topological polar surface area (TPSA) is 0 Å². The van der Waals surface area contributed by atoms with Crippen molar-refractivity contribution in [3.63, 3.8) is 0 Å². The first-order valence-electron chi connectivity index (χ1n) is 9.16. The maximum absolute atomic E-state index is 2.45. The Morgan fingerprint density at radius 2 is 1.17 bits per heavy atom. The molecule has 0 heterocycles. The van der Waals surface area contributed by atoms with Crippen molar-refractivity contribution in [1.29, 1.82) is 0 Å². The Balaban J connectivity index is -0.00000133.